The van der Waals surface area contributed by atoms with Crippen LogP contribution in [0, 0.1) is 5.92 Å². The molecule has 1 aromatic rings. The minimum absolute atomic E-state index is 0.00201. The summed E-state index contributed by atoms with van der Waals surface area (Å²) in [6.07, 6.45) is 3.24. The Morgan fingerprint density at radius 2 is 2.16 bits per heavy atom. The smallest absolute Gasteiger partial charge is 0.310 e. The van der Waals surface area contributed by atoms with Crippen LogP contribution in [0.25, 0.3) is 0 Å². The van der Waals surface area contributed by atoms with E-state index in [9.17, 15) is 4.79 Å². The fraction of sp³-hybridized carbons (Fsp3) is 0.562. The van der Waals surface area contributed by atoms with E-state index in [1.54, 1.807) is 0 Å². The topological polar surface area (TPSA) is 29.5 Å². The number of benzene rings is 1. The van der Waals surface area contributed by atoms with Gasteiger partial charge in [-0.3, -0.25) is 9.69 Å². The lowest BCUT2D eigenvalue weighted by molar-refractivity contribution is -0.148. The van der Waals surface area contributed by atoms with E-state index in [1.165, 1.54) is 12.0 Å². The maximum absolute atomic E-state index is 12.1. The van der Waals surface area contributed by atoms with E-state index >= 15 is 0 Å². The lowest BCUT2D eigenvalue weighted by Gasteiger charge is -2.24. The third-order valence-corrected chi connectivity index (χ3v) is 4.46. The monoisotopic (exact) mass is 259 g/mol. The first-order valence-electron chi connectivity index (χ1n) is 7.28. The Hall–Kier alpha value is -1.35. The Balaban J connectivity index is 1.82. The molecule has 2 fully saturated rings. The van der Waals surface area contributed by atoms with Gasteiger partial charge in [-0.15, -0.1) is 0 Å². The Labute approximate surface area is 114 Å². The quantitative estimate of drug-likeness (QED) is 0.782. The van der Waals surface area contributed by atoms with Crippen molar-refractivity contribution in [2.45, 2.75) is 38.3 Å². The highest BCUT2D eigenvalue weighted by atomic mass is 16.5. The fourth-order valence-corrected chi connectivity index (χ4v) is 3.67. The number of carbonyl (C=O) groups excluding carboxylic acids is 1. The van der Waals surface area contributed by atoms with Crippen molar-refractivity contribution < 1.29 is 9.53 Å². The Morgan fingerprint density at radius 3 is 2.89 bits per heavy atom. The van der Waals surface area contributed by atoms with Crippen molar-refractivity contribution in [3.8, 4) is 0 Å². The molecule has 0 saturated carbocycles. The molecular weight excluding hydrogens is 238 g/mol. The van der Waals surface area contributed by atoms with E-state index in [2.05, 4.69) is 29.2 Å². The summed E-state index contributed by atoms with van der Waals surface area (Å²) < 4.78 is 5.25. The molecule has 102 valence electrons. The molecule has 0 amide bonds. The van der Waals surface area contributed by atoms with Crippen molar-refractivity contribution in [1.29, 1.82) is 0 Å². The van der Waals surface area contributed by atoms with Crippen molar-refractivity contribution >= 4 is 5.97 Å². The highest BCUT2D eigenvalue weighted by Crippen LogP contribution is 2.45. The number of ether oxygens (including phenoxy) is 1. The van der Waals surface area contributed by atoms with Crippen LogP contribution in [-0.2, 0) is 9.53 Å². The molecule has 19 heavy (non-hydrogen) atoms. The number of hydrogen-bond acceptors (Lipinski definition) is 3. The molecule has 3 nitrogen and oxygen atoms in total. The third-order valence-electron chi connectivity index (χ3n) is 4.46. The Bertz CT molecular complexity index is 445. The lowest BCUT2D eigenvalue weighted by atomic mass is 9.94. The van der Waals surface area contributed by atoms with Gasteiger partial charge in [0, 0.05) is 12.1 Å². The van der Waals surface area contributed by atoms with Crippen LogP contribution >= 0.6 is 0 Å². The van der Waals surface area contributed by atoms with Gasteiger partial charge in [0.05, 0.1) is 12.5 Å². The van der Waals surface area contributed by atoms with Crippen molar-refractivity contribution in [1.82, 2.24) is 4.90 Å². The number of nitrogens with zero attached hydrogens (tertiary/aromatic N) is 1. The summed E-state index contributed by atoms with van der Waals surface area (Å²) in [4.78, 5) is 14.6. The third kappa shape index (κ3) is 2.27. The van der Waals surface area contributed by atoms with Gasteiger partial charge >= 0.3 is 5.97 Å². The number of fused-ring (bicyclic) bond motifs is 1. The molecule has 2 aliphatic rings. The van der Waals surface area contributed by atoms with E-state index in [0.717, 1.165) is 19.4 Å². The minimum Gasteiger partial charge on any atom is -0.466 e. The zero-order valence-corrected chi connectivity index (χ0v) is 11.4. The molecule has 0 aliphatic carbocycles. The van der Waals surface area contributed by atoms with Crippen LogP contribution in [0.5, 0.6) is 0 Å². The number of hydrogen-bond donors (Lipinski definition) is 0. The zero-order chi connectivity index (χ0) is 13.2. The highest BCUT2D eigenvalue weighted by Gasteiger charge is 2.47. The van der Waals surface area contributed by atoms with Crippen molar-refractivity contribution in [3.63, 3.8) is 0 Å². The number of esters is 1. The van der Waals surface area contributed by atoms with Gasteiger partial charge < -0.3 is 4.74 Å². The SMILES string of the molecule is CCOC(=O)[C@H]1C[C@H](c2ccccc2)N2CCC[C@@H]12. The molecule has 3 rings (SSSR count). The van der Waals surface area contributed by atoms with Crippen LogP contribution in [0.1, 0.15) is 37.8 Å². The molecule has 3 heteroatoms. The van der Waals surface area contributed by atoms with Gasteiger partial charge in [-0.05, 0) is 38.3 Å². The Morgan fingerprint density at radius 1 is 1.37 bits per heavy atom. The molecule has 2 heterocycles. The molecule has 0 unspecified atom stereocenters. The molecule has 0 bridgehead atoms. The van der Waals surface area contributed by atoms with E-state index in [0.29, 0.717) is 18.7 Å². The molecule has 1 aromatic carbocycles. The second-order valence-corrected chi connectivity index (χ2v) is 5.47. The van der Waals surface area contributed by atoms with Crippen LogP contribution in [0.3, 0.4) is 0 Å². The maximum atomic E-state index is 12.1. The van der Waals surface area contributed by atoms with Crippen molar-refractivity contribution in [2.75, 3.05) is 13.2 Å². The van der Waals surface area contributed by atoms with Gasteiger partial charge in [0.2, 0.25) is 0 Å². The van der Waals surface area contributed by atoms with Gasteiger partial charge in [0.15, 0.2) is 0 Å². The predicted molar refractivity (Wildman–Crippen MR) is 73.7 cm³/mol. The first kappa shape index (κ1) is 12.7. The summed E-state index contributed by atoms with van der Waals surface area (Å²) in [6.45, 7) is 3.48. The standard InChI is InChI=1S/C16H21NO2/c1-2-19-16(18)13-11-15(12-7-4-3-5-8-12)17-10-6-9-14(13)17/h3-5,7-8,13-15H,2,6,9-11H2,1H3/t13-,14-,15+/m0/s1. The predicted octanol–water partition coefficient (Wildman–Crippen LogP) is 2.78. The molecule has 2 saturated heterocycles. The molecule has 0 radical (unpaired) electrons. The summed E-state index contributed by atoms with van der Waals surface area (Å²) in [7, 11) is 0. The van der Waals surface area contributed by atoms with Gasteiger partial charge in [-0.25, -0.2) is 0 Å². The molecule has 0 aromatic heterocycles. The average Bonchev–Trinajstić information content (AvgIpc) is 3.01. The largest absolute Gasteiger partial charge is 0.466 e. The highest BCUT2D eigenvalue weighted by molar-refractivity contribution is 5.74. The van der Waals surface area contributed by atoms with Crippen LogP contribution in [0.2, 0.25) is 0 Å². The molecule has 0 spiro atoms. The van der Waals surface area contributed by atoms with Crippen molar-refractivity contribution in [2.24, 2.45) is 5.92 Å². The summed E-state index contributed by atoms with van der Waals surface area (Å²) >= 11 is 0. The van der Waals surface area contributed by atoms with Gasteiger partial charge in [0.25, 0.3) is 0 Å². The lowest BCUT2D eigenvalue weighted by Crippen LogP contribution is -2.31. The molecule has 2 aliphatic heterocycles. The van der Waals surface area contributed by atoms with Gasteiger partial charge in [-0.2, -0.15) is 0 Å². The summed E-state index contributed by atoms with van der Waals surface area (Å²) in [5, 5.41) is 0. The van der Waals surface area contributed by atoms with E-state index < -0.39 is 0 Å². The molecule has 0 N–H and O–H groups in total. The molecular formula is C16H21NO2. The summed E-state index contributed by atoms with van der Waals surface area (Å²) in [5.74, 6) is 0.0606. The van der Waals surface area contributed by atoms with Gasteiger partial charge in [-0.1, -0.05) is 30.3 Å². The summed E-state index contributed by atoms with van der Waals surface area (Å²) in [6, 6.07) is 11.3. The fourth-order valence-electron chi connectivity index (χ4n) is 3.67. The first-order chi connectivity index (χ1) is 9.31. The zero-order valence-electron chi connectivity index (χ0n) is 11.4. The van der Waals surface area contributed by atoms with Crippen LogP contribution < -0.4 is 0 Å². The van der Waals surface area contributed by atoms with Crippen LogP contribution in [0.15, 0.2) is 30.3 Å². The maximum Gasteiger partial charge on any atom is 0.310 e. The van der Waals surface area contributed by atoms with Crippen molar-refractivity contribution in [3.05, 3.63) is 35.9 Å². The van der Waals surface area contributed by atoms with Crippen LogP contribution in [0.4, 0.5) is 0 Å². The number of rotatable bonds is 3. The minimum atomic E-state index is -0.00201. The van der Waals surface area contributed by atoms with E-state index in [1.807, 2.05) is 13.0 Å². The second kappa shape index (κ2) is 5.33. The average molecular weight is 259 g/mol. The second-order valence-electron chi connectivity index (χ2n) is 5.47. The normalized spacial score (nSPS) is 30.3. The molecule has 3 atom stereocenters. The first-order valence-corrected chi connectivity index (χ1v) is 7.28. The van der Waals surface area contributed by atoms with Crippen LogP contribution in [-0.4, -0.2) is 30.1 Å². The summed E-state index contributed by atoms with van der Waals surface area (Å²) in [5.41, 5.74) is 1.33. The van der Waals surface area contributed by atoms with Gasteiger partial charge in [0.1, 0.15) is 0 Å². The number of carbonyl (C=O) groups is 1. The Kier molecular flexibility index (Phi) is 3.56. The van der Waals surface area contributed by atoms with E-state index in [4.69, 9.17) is 4.74 Å². The van der Waals surface area contributed by atoms with E-state index in [-0.39, 0.29) is 11.9 Å².